The molecule has 5 heteroatoms. The van der Waals surface area contributed by atoms with Gasteiger partial charge in [0.2, 0.25) is 11.8 Å². The maximum absolute atomic E-state index is 13.1. The summed E-state index contributed by atoms with van der Waals surface area (Å²) >= 11 is 0. The lowest BCUT2D eigenvalue weighted by Gasteiger charge is -2.56. The molecule has 1 N–H and O–H groups in total. The van der Waals surface area contributed by atoms with E-state index in [-0.39, 0.29) is 17.9 Å². The Balaban J connectivity index is 1.59. The molecule has 1 aliphatic heterocycles. The highest BCUT2D eigenvalue weighted by Crippen LogP contribution is 2.52. The Kier molecular flexibility index (Phi) is 4.18. The van der Waals surface area contributed by atoms with Crippen LogP contribution < -0.4 is 15.0 Å². The second kappa shape index (κ2) is 6.36. The Labute approximate surface area is 148 Å². The Bertz CT molecular complexity index is 660. The van der Waals surface area contributed by atoms with Crippen molar-refractivity contribution in [3.8, 4) is 5.75 Å². The van der Waals surface area contributed by atoms with Crippen molar-refractivity contribution in [1.82, 2.24) is 5.32 Å². The number of benzene rings is 1. The number of nitrogens with one attached hydrogen (secondary N) is 1. The predicted molar refractivity (Wildman–Crippen MR) is 95.5 cm³/mol. The first kappa shape index (κ1) is 16.4. The number of anilines is 1. The zero-order valence-electron chi connectivity index (χ0n) is 14.8. The smallest absolute Gasteiger partial charge is 0.244 e. The van der Waals surface area contributed by atoms with Gasteiger partial charge in [-0.05, 0) is 55.9 Å². The third-order valence-electron chi connectivity index (χ3n) is 6.03. The van der Waals surface area contributed by atoms with Crippen LogP contribution >= 0.6 is 0 Å². The number of methoxy groups -OCH3 is 1. The van der Waals surface area contributed by atoms with Crippen LogP contribution in [-0.4, -0.2) is 31.5 Å². The molecule has 0 bridgehead atoms. The van der Waals surface area contributed by atoms with Gasteiger partial charge in [0, 0.05) is 12.2 Å². The Morgan fingerprint density at radius 1 is 1.20 bits per heavy atom. The van der Waals surface area contributed by atoms with Gasteiger partial charge in [0.05, 0.1) is 12.5 Å². The van der Waals surface area contributed by atoms with Gasteiger partial charge >= 0.3 is 0 Å². The van der Waals surface area contributed by atoms with E-state index in [1.54, 1.807) is 12.0 Å². The molecule has 1 unspecified atom stereocenters. The molecular formula is C20H26N2O3. The highest BCUT2D eigenvalue weighted by Gasteiger charge is 2.63. The minimum Gasteiger partial charge on any atom is -0.497 e. The first-order chi connectivity index (χ1) is 12.2. The number of carbonyl (C=O) groups is 2. The van der Waals surface area contributed by atoms with Crippen molar-refractivity contribution in [1.29, 1.82) is 0 Å². The van der Waals surface area contributed by atoms with E-state index >= 15 is 0 Å². The monoisotopic (exact) mass is 342 g/mol. The normalized spacial score (nSPS) is 24.8. The van der Waals surface area contributed by atoms with Gasteiger partial charge in [0.1, 0.15) is 11.8 Å². The van der Waals surface area contributed by atoms with Crippen LogP contribution in [0.3, 0.4) is 0 Å². The Hall–Kier alpha value is -2.04. The Morgan fingerprint density at radius 2 is 1.88 bits per heavy atom. The summed E-state index contributed by atoms with van der Waals surface area (Å²) in [6.07, 6.45) is 7.31. The molecule has 3 fully saturated rings. The van der Waals surface area contributed by atoms with E-state index in [2.05, 4.69) is 5.32 Å². The second-order valence-electron chi connectivity index (χ2n) is 7.68. The summed E-state index contributed by atoms with van der Waals surface area (Å²) in [7, 11) is 1.62. The molecule has 134 valence electrons. The first-order valence-electron chi connectivity index (χ1n) is 9.41. The van der Waals surface area contributed by atoms with Gasteiger partial charge < -0.3 is 10.1 Å². The number of ether oxygens (including phenoxy) is 1. The lowest BCUT2D eigenvalue weighted by molar-refractivity contribution is -0.150. The van der Waals surface area contributed by atoms with Crippen LogP contribution in [0, 0.1) is 11.3 Å². The number of β-lactam (4-membered cyclic amide) rings is 1. The molecule has 4 rings (SSSR count). The standard InChI is InChI=1S/C20H26N2O3/c1-25-16-9-7-15(8-10-16)22-17(18(23)21-13-14-5-6-14)20(19(22)24)11-3-2-4-12-20/h7-10,14,17H,2-6,11-13H2,1H3,(H,21,23). The summed E-state index contributed by atoms with van der Waals surface area (Å²) in [5, 5.41) is 3.10. The van der Waals surface area contributed by atoms with Crippen LogP contribution in [-0.2, 0) is 9.59 Å². The zero-order chi connectivity index (χ0) is 17.4. The third kappa shape index (κ3) is 2.79. The first-order valence-corrected chi connectivity index (χ1v) is 9.41. The molecule has 1 aromatic carbocycles. The van der Waals surface area contributed by atoms with Crippen molar-refractivity contribution in [2.24, 2.45) is 11.3 Å². The molecule has 2 amide bonds. The van der Waals surface area contributed by atoms with Gasteiger partial charge in [-0.1, -0.05) is 19.3 Å². The van der Waals surface area contributed by atoms with Crippen LogP contribution in [0.1, 0.15) is 44.9 Å². The summed E-state index contributed by atoms with van der Waals surface area (Å²) in [6, 6.07) is 7.05. The van der Waals surface area contributed by atoms with Crippen LogP contribution in [0.4, 0.5) is 5.69 Å². The molecule has 3 aliphatic rings. The second-order valence-corrected chi connectivity index (χ2v) is 7.68. The van der Waals surface area contributed by atoms with Crippen molar-refractivity contribution in [3.63, 3.8) is 0 Å². The van der Waals surface area contributed by atoms with Crippen LogP contribution in [0.5, 0.6) is 5.75 Å². The molecular weight excluding hydrogens is 316 g/mol. The van der Waals surface area contributed by atoms with E-state index in [0.29, 0.717) is 5.92 Å². The van der Waals surface area contributed by atoms with Crippen LogP contribution in [0.15, 0.2) is 24.3 Å². The van der Waals surface area contributed by atoms with E-state index < -0.39 is 5.41 Å². The van der Waals surface area contributed by atoms with Gasteiger partial charge in [-0.2, -0.15) is 0 Å². The van der Waals surface area contributed by atoms with E-state index in [0.717, 1.165) is 50.1 Å². The molecule has 0 radical (unpaired) electrons. The van der Waals surface area contributed by atoms with Gasteiger partial charge in [-0.3, -0.25) is 14.5 Å². The molecule has 0 aromatic heterocycles. The molecule has 1 saturated heterocycles. The van der Waals surface area contributed by atoms with E-state index in [9.17, 15) is 9.59 Å². The van der Waals surface area contributed by atoms with Crippen molar-refractivity contribution in [2.45, 2.75) is 51.0 Å². The van der Waals surface area contributed by atoms with Crippen molar-refractivity contribution >= 4 is 17.5 Å². The van der Waals surface area contributed by atoms with Crippen LogP contribution in [0.25, 0.3) is 0 Å². The number of amides is 2. The zero-order valence-corrected chi connectivity index (χ0v) is 14.8. The summed E-state index contributed by atoms with van der Waals surface area (Å²) < 4.78 is 5.20. The summed E-state index contributed by atoms with van der Waals surface area (Å²) in [5.74, 6) is 1.52. The number of rotatable bonds is 5. The molecule has 1 atom stereocenters. The van der Waals surface area contributed by atoms with Crippen molar-refractivity contribution in [2.75, 3.05) is 18.6 Å². The summed E-state index contributed by atoms with van der Waals surface area (Å²) in [6.45, 7) is 0.746. The SMILES string of the molecule is COc1ccc(N2C(=O)C3(CCCCC3)C2C(=O)NCC2CC2)cc1. The lowest BCUT2D eigenvalue weighted by Crippen LogP contribution is -2.74. The topological polar surface area (TPSA) is 58.6 Å². The molecule has 1 aromatic rings. The van der Waals surface area contributed by atoms with Gasteiger partial charge in [-0.15, -0.1) is 0 Å². The number of nitrogens with zero attached hydrogens (tertiary/aromatic N) is 1. The minimum absolute atomic E-state index is 0.0178. The number of carbonyl (C=O) groups excluding carboxylic acids is 2. The van der Waals surface area contributed by atoms with E-state index in [4.69, 9.17) is 4.74 Å². The predicted octanol–water partition coefficient (Wildman–Crippen LogP) is 2.89. The molecule has 1 heterocycles. The van der Waals surface area contributed by atoms with Gasteiger partial charge in [-0.25, -0.2) is 0 Å². The van der Waals surface area contributed by atoms with E-state index in [1.165, 1.54) is 12.8 Å². The molecule has 2 aliphatic carbocycles. The van der Waals surface area contributed by atoms with E-state index in [1.807, 2.05) is 24.3 Å². The summed E-state index contributed by atoms with van der Waals surface area (Å²) in [4.78, 5) is 27.7. The minimum atomic E-state index is -0.480. The molecule has 2 saturated carbocycles. The fourth-order valence-corrected chi connectivity index (χ4v) is 4.37. The quantitative estimate of drug-likeness (QED) is 0.837. The highest BCUT2D eigenvalue weighted by atomic mass is 16.5. The molecule has 25 heavy (non-hydrogen) atoms. The maximum Gasteiger partial charge on any atom is 0.244 e. The van der Waals surface area contributed by atoms with Crippen molar-refractivity contribution in [3.05, 3.63) is 24.3 Å². The average molecular weight is 342 g/mol. The van der Waals surface area contributed by atoms with Gasteiger partial charge in [0.25, 0.3) is 0 Å². The fraction of sp³-hybridized carbons (Fsp3) is 0.600. The summed E-state index contributed by atoms with van der Waals surface area (Å²) in [5.41, 5.74) is 0.305. The fourth-order valence-electron chi connectivity index (χ4n) is 4.37. The number of hydrogen-bond donors (Lipinski definition) is 1. The van der Waals surface area contributed by atoms with Crippen LogP contribution in [0.2, 0.25) is 0 Å². The maximum atomic E-state index is 13.1. The van der Waals surface area contributed by atoms with Crippen molar-refractivity contribution < 1.29 is 14.3 Å². The number of hydrogen-bond acceptors (Lipinski definition) is 3. The Morgan fingerprint density at radius 3 is 2.48 bits per heavy atom. The molecule has 5 nitrogen and oxygen atoms in total. The third-order valence-corrected chi connectivity index (χ3v) is 6.03. The lowest BCUT2D eigenvalue weighted by atomic mass is 9.61. The highest BCUT2D eigenvalue weighted by molar-refractivity contribution is 6.14. The molecule has 1 spiro atoms. The average Bonchev–Trinajstić information content (AvgIpc) is 3.49. The van der Waals surface area contributed by atoms with Gasteiger partial charge in [0.15, 0.2) is 0 Å². The largest absolute Gasteiger partial charge is 0.497 e.